The molecule has 0 amide bonds. The Kier molecular flexibility index (Phi) is 5.05. The highest BCUT2D eigenvalue weighted by Gasteiger charge is 2.11. The second-order valence-electron chi connectivity index (χ2n) is 4.38. The molecule has 5 nitrogen and oxygen atoms in total. The van der Waals surface area contributed by atoms with Crippen LogP contribution in [0.5, 0.6) is 0 Å². The molecule has 0 radical (unpaired) electrons. The molecule has 1 aromatic carbocycles. The first-order chi connectivity index (χ1) is 9.46. The first-order valence-electron chi connectivity index (χ1n) is 6.10. The fraction of sp³-hybridized carbons (Fsp3) is 0.308. The van der Waals surface area contributed by atoms with Gasteiger partial charge >= 0.3 is 13.2 Å². The molecule has 0 aliphatic carbocycles. The van der Waals surface area contributed by atoms with Gasteiger partial charge in [0.05, 0.1) is 6.16 Å². The maximum absolute atomic E-state index is 11.4. The van der Waals surface area contributed by atoms with Crippen molar-refractivity contribution in [2.24, 2.45) is 0 Å². The molecule has 0 bridgehead atoms. The third-order valence-electron chi connectivity index (χ3n) is 2.73. The van der Waals surface area contributed by atoms with Crippen molar-refractivity contribution in [2.75, 3.05) is 11.9 Å². The molecule has 0 atom stereocenters. The summed E-state index contributed by atoms with van der Waals surface area (Å²) in [6.07, 6.45) is 0.353. The zero-order chi connectivity index (χ0) is 14.6. The van der Waals surface area contributed by atoms with Crippen molar-refractivity contribution in [3.05, 3.63) is 46.3 Å². The lowest BCUT2D eigenvalue weighted by Gasteiger charge is -2.06. The molecule has 0 saturated heterocycles. The quantitative estimate of drug-likeness (QED) is 0.484. The van der Waals surface area contributed by atoms with Gasteiger partial charge in [0.25, 0.3) is 0 Å². The van der Waals surface area contributed by atoms with E-state index in [2.05, 4.69) is 0 Å². The molecular formula is C13H15O5PS. The van der Waals surface area contributed by atoms with Crippen molar-refractivity contribution in [2.45, 2.75) is 12.2 Å². The Balaban J connectivity index is 2.00. The highest BCUT2D eigenvalue weighted by atomic mass is 32.2. The zero-order valence-corrected chi connectivity index (χ0v) is 12.4. The largest absolute Gasteiger partial charge is 0.423 e. The number of thioether (sulfide) groups is 1. The lowest BCUT2D eigenvalue weighted by Crippen LogP contribution is -2.00. The molecule has 1 heterocycles. The van der Waals surface area contributed by atoms with E-state index in [1.54, 1.807) is 17.8 Å². The predicted molar refractivity (Wildman–Crippen MR) is 80.2 cm³/mol. The molecule has 0 spiro atoms. The monoisotopic (exact) mass is 314 g/mol. The van der Waals surface area contributed by atoms with E-state index in [9.17, 15) is 9.36 Å². The van der Waals surface area contributed by atoms with Crippen molar-refractivity contribution < 1.29 is 18.8 Å². The second-order valence-corrected chi connectivity index (χ2v) is 7.26. The van der Waals surface area contributed by atoms with Gasteiger partial charge in [-0.1, -0.05) is 18.2 Å². The Morgan fingerprint density at radius 1 is 1.25 bits per heavy atom. The fourth-order valence-corrected chi connectivity index (χ4v) is 3.59. The Hall–Kier alpha value is -1.07. The number of hydrogen-bond donors (Lipinski definition) is 2. The molecule has 0 unspecified atom stereocenters. The minimum Gasteiger partial charge on any atom is -0.423 e. The van der Waals surface area contributed by atoms with Gasteiger partial charge in [0.15, 0.2) is 0 Å². The SMILES string of the molecule is O=c1cc(CSCCCP(=O)(O)O)c2ccccc2o1. The van der Waals surface area contributed by atoms with Gasteiger partial charge in [0, 0.05) is 17.2 Å². The Morgan fingerprint density at radius 3 is 2.75 bits per heavy atom. The van der Waals surface area contributed by atoms with Crippen molar-refractivity contribution >= 4 is 30.3 Å². The minimum absolute atomic E-state index is 0.0995. The predicted octanol–water partition coefficient (Wildman–Crippen LogP) is 2.59. The zero-order valence-electron chi connectivity index (χ0n) is 10.7. The van der Waals surface area contributed by atoms with Gasteiger partial charge in [0.1, 0.15) is 5.58 Å². The molecule has 2 N–H and O–H groups in total. The van der Waals surface area contributed by atoms with Crippen LogP contribution in [-0.4, -0.2) is 21.7 Å². The van der Waals surface area contributed by atoms with E-state index < -0.39 is 7.60 Å². The van der Waals surface area contributed by atoms with Crippen LogP contribution in [0.25, 0.3) is 11.0 Å². The van der Waals surface area contributed by atoms with Gasteiger partial charge in [-0.05, 0) is 23.8 Å². The number of rotatable bonds is 6. The average molecular weight is 314 g/mol. The molecule has 108 valence electrons. The number of para-hydroxylation sites is 1. The van der Waals surface area contributed by atoms with Crippen LogP contribution in [0.2, 0.25) is 0 Å². The van der Waals surface area contributed by atoms with E-state index in [4.69, 9.17) is 14.2 Å². The highest BCUT2D eigenvalue weighted by molar-refractivity contribution is 7.98. The summed E-state index contributed by atoms with van der Waals surface area (Å²) in [6.45, 7) is 0. The average Bonchev–Trinajstić information content (AvgIpc) is 2.36. The number of benzene rings is 1. The summed E-state index contributed by atoms with van der Waals surface area (Å²) in [4.78, 5) is 29.0. The summed E-state index contributed by atoms with van der Waals surface area (Å²) in [6, 6.07) is 8.80. The topological polar surface area (TPSA) is 87.7 Å². The van der Waals surface area contributed by atoms with Crippen LogP contribution in [0.1, 0.15) is 12.0 Å². The van der Waals surface area contributed by atoms with Gasteiger partial charge in [-0.2, -0.15) is 11.8 Å². The van der Waals surface area contributed by atoms with Crippen molar-refractivity contribution in [3.63, 3.8) is 0 Å². The van der Waals surface area contributed by atoms with Gasteiger partial charge in [-0.15, -0.1) is 0 Å². The summed E-state index contributed by atoms with van der Waals surface area (Å²) in [5, 5.41) is 0.898. The molecule has 2 aromatic rings. The fourth-order valence-electron chi connectivity index (χ4n) is 1.85. The molecule has 2 rings (SSSR count). The molecule has 20 heavy (non-hydrogen) atoms. The summed E-state index contributed by atoms with van der Waals surface area (Å²) in [7, 11) is -3.90. The Labute approximate surface area is 120 Å². The minimum atomic E-state index is -3.90. The van der Waals surface area contributed by atoms with Gasteiger partial charge < -0.3 is 14.2 Å². The number of hydrogen-bond acceptors (Lipinski definition) is 4. The van der Waals surface area contributed by atoms with Crippen LogP contribution >= 0.6 is 19.4 Å². The van der Waals surface area contributed by atoms with E-state index in [1.807, 2.05) is 18.2 Å². The van der Waals surface area contributed by atoms with Crippen LogP contribution < -0.4 is 5.63 Å². The lowest BCUT2D eigenvalue weighted by molar-refractivity contribution is 0.372. The first-order valence-corrected chi connectivity index (χ1v) is 9.05. The van der Waals surface area contributed by atoms with Crippen molar-refractivity contribution in [3.8, 4) is 0 Å². The summed E-state index contributed by atoms with van der Waals surface area (Å²) < 4.78 is 15.8. The Morgan fingerprint density at radius 2 is 2.00 bits per heavy atom. The van der Waals surface area contributed by atoms with Crippen molar-refractivity contribution in [1.29, 1.82) is 0 Å². The standard InChI is InChI=1S/C13H15O5PS/c14-13-8-10(9-20-7-3-6-19(15,16)17)11-4-1-2-5-12(11)18-13/h1-2,4-5,8H,3,6-7,9H2,(H2,15,16,17). The molecule has 0 saturated carbocycles. The molecule has 0 fully saturated rings. The lowest BCUT2D eigenvalue weighted by atomic mass is 10.1. The maximum atomic E-state index is 11.4. The highest BCUT2D eigenvalue weighted by Crippen LogP contribution is 2.35. The summed E-state index contributed by atoms with van der Waals surface area (Å²) in [5.74, 6) is 1.26. The third kappa shape index (κ3) is 4.49. The molecule has 0 aliphatic heterocycles. The molecule has 7 heteroatoms. The Bertz CT molecular complexity index is 690. The van der Waals surface area contributed by atoms with E-state index in [-0.39, 0.29) is 11.8 Å². The van der Waals surface area contributed by atoms with Crippen LogP contribution in [0, 0.1) is 0 Å². The van der Waals surface area contributed by atoms with Gasteiger partial charge in [0.2, 0.25) is 0 Å². The third-order valence-corrected chi connectivity index (χ3v) is 4.72. The molecule has 1 aromatic heterocycles. The van der Waals surface area contributed by atoms with Crippen molar-refractivity contribution in [1.82, 2.24) is 0 Å². The van der Waals surface area contributed by atoms with Crippen LogP contribution in [-0.2, 0) is 10.3 Å². The van der Waals surface area contributed by atoms with E-state index in [0.717, 1.165) is 10.9 Å². The second kappa shape index (κ2) is 6.59. The van der Waals surface area contributed by atoms with E-state index >= 15 is 0 Å². The van der Waals surface area contributed by atoms with Crippen LogP contribution in [0.15, 0.2) is 39.5 Å². The van der Waals surface area contributed by atoms with E-state index in [0.29, 0.717) is 23.5 Å². The normalized spacial score (nSPS) is 11.9. The van der Waals surface area contributed by atoms with Crippen LogP contribution in [0.3, 0.4) is 0 Å². The van der Waals surface area contributed by atoms with E-state index in [1.165, 1.54) is 6.07 Å². The first kappa shape index (κ1) is 15.3. The van der Waals surface area contributed by atoms with Gasteiger partial charge in [-0.3, -0.25) is 4.57 Å². The maximum Gasteiger partial charge on any atom is 0.336 e. The smallest absolute Gasteiger partial charge is 0.336 e. The van der Waals surface area contributed by atoms with Crippen LogP contribution in [0.4, 0.5) is 0 Å². The van der Waals surface area contributed by atoms with Gasteiger partial charge in [-0.25, -0.2) is 4.79 Å². The number of fused-ring (bicyclic) bond motifs is 1. The molecule has 0 aliphatic rings. The summed E-state index contributed by atoms with van der Waals surface area (Å²) >= 11 is 1.55. The molecular weight excluding hydrogens is 299 g/mol. The summed E-state index contributed by atoms with van der Waals surface area (Å²) in [5.41, 5.74) is 1.07.